The van der Waals surface area contributed by atoms with Crippen LogP contribution in [0.1, 0.15) is 31.7 Å². The van der Waals surface area contributed by atoms with E-state index in [2.05, 4.69) is 24.2 Å². The van der Waals surface area contributed by atoms with E-state index in [-0.39, 0.29) is 11.9 Å². The molecule has 2 fully saturated rings. The number of hydrogen-bond acceptors (Lipinski definition) is 4. The van der Waals surface area contributed by atoms with E-state index >= 15 is 0 Å². The number of carbonyl (C=O) groups excluding carboxylic acids is 1. The van der Waals surface area contributed by atoms with E-state index in [1.807, 2.05) is 29.2 Å². The van der Waals surface area contributed by atoms with Crippen molar-refractivity contribution < 1.29 is 9.53 Å². The predicted molar refractivity (Wildman–Crippen MR) is 99.7 cm³/mol. The third-order valence-electron chi connectivity index (χ3n) is 5.92. The Kier molecular flexibility index (Phi) is 5.64. The van der Waals surface area contributed by atoms with E-state index in [9.17, 15) is 4.79 Å². The summed E-state index contributed by atoms with van der Waals surface area (Å²) in [5.74, 6) is 1.12. The summed E-state index contributed by atoms with van der Waals surface area (Å²) in [6.07, 6.45) is 3.38. The van der Waals surface area contributed by atoms with Crippen LogP contribution in [-0.4, -0.2) is 62.1 Å². The number of amides is 1. The van der Waals surface area contributed by atoms with Gasteiger partial charge in [-0.1, -0.05) is 12.1 Å². The smallest absolute Gasteiger partial charge is 0.240 e. The van der Waals surface area contributed by atoms with Crippen LogP contribution in [-0.2, 0) is 11.3 Å². The van der Waals surface area contributed by atoms with Gasteiger partial charge in [0.1, 0.15) is 5.75 Å². The molecule has 0 radical (unpaired) electrons. The molecule has 2 aliphatic heterocycles. The average Bonchev–Trinajstić information content (AvgIpc) is 2.95. The van der Waals surface area contributed by atoms with Crippen molar-refractivity contribution in [1.82, 2.24) is 15.1 Å². The van der Waals surface area contributed by atoms with E-state index in [1.54, 1.807) is 7.11 Å². The monoisotopic (exact) mass is 345 g/mol. The van der Waals surface area contributed by atoms with E-state index in [0.29, 0.717) is 12.0 Å². The van der Waals surface area contributed by atoms with Crippen LogP contribution < -0.4 is 10.1 Å². The molecule has 0 bridgehead atoms. The van der Waals surface area contributed by atoms with E-state index in [1.165, 1.54) is 12.8 Å². The number of likely N-dealkylation sites (tertiary alicyclic amines) is 1. The second kappa shape index (κ2) is 7.75. The molecular formula is C20H31N3O2. The number of ether oxygens (including phenoxy) is 1. The summed E-state index contributed by atoms with van der Waals surface area (Å²) in [6.45, 7) is 6.68. The first kappa shape index (κ1) is 18.2. The van der Waals surface area contributed by atoms with Gasteiger partial charge in [-0.3, -0.25) is 9.69 Å². The van der Waals surface area contributed by atoms with Crippen LogP contribution in [0, 0.1) is 5.41 Å². The van der Waals surface area contributed by atoms with Gasteiger partial charge in [-0.05, 0) is 69.4 Å². The van der Waals surface area contributed by atoms with Gasteiger partial charge >= 0.3 is 0 Å². The van der Waals surface area contributed by atoms with Gasteiger partial charge in [-0.2, -0.15) is 0 Å². The number of benzene rings is 1. The average molecular weight is 345 g/mol. The van der Waals surface area contributed by atoms with Crippen LogP contribution in [0.15, 0.2) is 24.3 Å². The molecule has 1 atom stereocenters. The quantitative estimate of drug-likeness (QED) is 0.888. The van der Waals surface area contributed by atoms with Crippen molar-refractivity contribution >= 4 is 5.91 Å². The zero-order chi connectivity index (χ0) is 17.9. The summed E-state index contributed by atoms with van der Waals surface area (Å²) in [5.41, 5.74) is 1.48. The molecule has 0 aliphatic carbocycles. The fourth-order valence-electron chi connectivity index (χ4n) is 4.37. The van der Waals surface area contributed by atoms with Crippen molar-refractivity contribution in [3.05, 3.63) is 29.8 Å². The highest BCUT2D eigenvalue weighted by atomic mass is 16.5. The van der Waals surface area contributed by atoms with Crippen molar-refractivity contribution in [2.24, 2.45) is 5.41 Å². The third-order valence-corrected chi connectivity index (χ3v) is 5.92. The summed E-state index contributed by atoms with van der Waals surface area (Å²) in [5, 5.41) is 3.45. The molecule has 25 heavy (non-hydrogen) atoms. The molecule has 0 unspecified atom stereocenters. The standard InChI is InChI=1S/C20H31N3O2/c1-4-23(14-16-5-7-17(25-3)8-6-16)19(24)18-13-20(15-22(18)2)9-11-21-12-10-20/h5-8,18,21H,4,9-15H2,1-3H3/t18-/m0/s1. The maximum Gasteiger partial charge on any atom is 0.240 e. The maximum atomic E-state index is 13.2. The minimum atomic E-state index is 0.0244. The summed E-state index contributed by atoms with van der Waals surface area (Å²) in [4.78, 5) is 17.5. The molecule has 2 heterocycles. The molecule has 2 saturated heterocycles. The number of nitrogens with zero attached hydrogens (tertiary/aromatic N) is 2. The van der Waals surface area contributed by atoms with Crippen LogP contribution in [0.2, 0.25) is 0 Å². The first-order chi connectivity index (χ1) is 12.1. The van der Waals surface area contributed by atoms with Gasteiger partial charge in [0.15, 0.2) is 0 Å². The van der Waals surface area contributed by atoms with Crippen LogP contribution >= 0.6 is 0 Å². The summed E-state index contributed by atoms with van der Waals surface area (Å²) >= 11 is 0. The first-order valence-electron chi connectivity index (χ1n) is 9.39. The molecule has 1 N–H and O–H groups in total. The molecule has 2 aliphatic rings. The fourth-order valence-corrected chi connectivity index (χ4v) is 4.37. The minimum absolute atomic E-state index is 0.0244. The van der Waals surface area contributed by atoms with Gasteiger partial charge in [-0.15, -0.1) is 0 Å². The molecule has 5 heteroatoms. The lowest BCUT2D eigenvalue weighted by molar-refractivity contribution is -0.136. The number of methoxy groups -OCH3 is 1. The minimum Gasteiger partial charge on any atom is -0.497 e. The van der Waals surface area contributed by atoms with E-state index in [0.717, 1.165) is 43.9 Å². The summed E-state index contributed by atoms with van der Waals surface area (Å²) in [6, 6.07) is 8.03. The van der Waals surface area contributed by atoms with Crippen molar-refractivity contribution in [1.29, 1.82) is 0 Å². The molecule has 3 rings (SSSR count). The van der Waals surface area contributed by atoms with E-state index in [4.69, 9.17) is 4.74 Å². The number of nitrogens with one attached hydrogen (secondary N) is 1. The molecule has 1 spiro atoms. The second-order valence-corrected chi connectivity index (χ2v) is 7.59. The maximum absolute atomic E-state index is 13.2. The SMILES string of the molecule is CCN(Cc1ccc(OC)cc1)C(=O)[C@@H]1CC2(CCNCC2)CN1C. The lowest BCUT2D eigenvalue weighted by atomic mass is 9.77. The predicted octanol–water partition coefficient (Wildman–Crippen LogP) is 2.12. The number of carbonyl (C=O) groups is 1. The molecule has 1 amide bonds. The Morgan fingerprint density at radius 1 is 1.32 bits per heavy atom. The normalized spacial score (nSPS) is 22.9. The first-order valence-corrected chi connectivity index (χ1v) is 9.39. The van der Waals surface area contributed by atoms with Crippen molar-refractivity contribution in [2.45, 2.75) is 38.8 Å². The molecule has 1 aromatic rings. The molecule has 0 saturated carbocycles. The zero-order valence-corrected chi connectivity index (χ0v) is 15.8. The van der Waals surface area contributed by atoms with Crippen LogP contribution in [0.3, 0.4) is 0 Å². The van der Waals surface area contributed by atoms with Crippen LogP contribution in [0.5, 0.6) is 5.75 Å². The molecule has 5 nitrogen and oxygen atoms in total. The number of likely N-dealkylation sites (N-methyl/N-ethyl adjacent to an activating group) is 2. The van der Waals surface area contributed by atoms with Crippen LogP contribution in [0.4, 0.5) is 0 Å². The Labute approximate surface area is 151 Å². The van der Waals surface area contributed by atoms with Gasteiger partial charge in [0.2, 0.25) is 5.91 Å². The Balaban J connectivity index is 1.66. The zero-order valence-electron chi connectivity index (χ0n) is 15.8. The number of hydrogen-bond donors (Lipinski definition) is 1. The lowest BCUT2D eigenvalue weighted by Crippen LogP contribution is -2.43. The highest BCUT2D eigenvalue weighted by molar-refractivity contribution is 5.82. The molecule has 0 aromatic heterocycles. The van der Waals surface area contributed by atoms with Crippen molar-refractivity contribution in [3.63, 3.8) is 0 Å². The van der Waals surface area contributed by atoms with Crippen molar-refractivity contribution in [3.8, 4) is 5.75 Å². The molecule has 138 valence electrons. The number of rotatable bonds is 5. The highest BCUT2D eigenvalue weighted by Gasteiger charge is 2.46. The molecular weight excluding hydrogens is 314 g/mol. The van der Waals surface area contributed by atoms with Gasteiger partial charge in [0, 0.05) is 19.6 Å². The van der Waals surface area contributed by atoms with Crippen LogP contribution in [0.25, 0.3) is 0 Å². The van der Waals surface area contributed by atoms with Gasteiger partial charge in [0.25, 0.3) is 0 Å². The third kappa shape index (κ3) is 3.98. The van der Waals surface area contributed by atoms with Gasteiger partial charge in [0.05, 0.1) is 13.2 Å². The topological polar surface area (TPSA) is 44.8 Å². The summed E-state index contributed by atoms with van der Waals surface area (Å²) in [7, 11) is 3.78. The van der Waals surface area contributed by atoms with E-state index < -0.39 is 0 Å². The Bertz CT molecular complexity index is 581. The Hall–Kier alpha value is -1.59. The van der Waals surface area contributed by atoms with Crippen molar-refractivity contribution in [2.75, 3.05) is 40.3 Å². The van der Waals surface area contributed by atoms with Gasteiger partial charge < -0.3 is 15.0 Å². The largest absolute Gasteiger partial charge is 0.497 e. The second-order valence-electron chi connectivity index (χ2n) is 7.59. The lowest BCUT2D eigenvalue weighted by Gasteiger charge is -2.33. The highest BCUT2D eigenvalue weighted by Crippen LogP contribution is 2.41. The van der Waals surface area contributed by atoms with Gasteiger partial charge in [-0.25, -0.2) is 0 Å². The molecule has 1 aromatic carbocycles. The Morgan fingerprint density at radius 2 is 2.00 bits per heavy atom. The fraction of sp³-hybridized carbons (Fsp3) is 0.650. The summed E-state index contributed by atoms with van der Waals surface area (Å²) < 4.78 is 5.21. The number of piperidine rings is 1. The Morgan fingerprint density at radius 3 is 2.60 bits per heavy atom.